The van der Waals surface area contributed by atoms with Gasteiger partial charge in [0.25, 0.3) is 10.1 Å². The molecule has 0 amide bonds. The summed E-state index contributed by atoms with van der Waals surface area (Å²) >= 11 is 0. The smallest absolute Gasteiger partial charge is 0.295 e. The Morgan fingerprint density at radius 3 is 2.12 bits per heavy atom. The number of phenols is 1. The SMILES string of the molecule is Cc1ccc(N=Nc2cc(S(=O)(=O)O)c3ccccc3c2O)c(C)c1.[Na]. The average molecular weight is 379 g/mol. The fraction of sp³-hybridized carbons (Fsp3) is 0.111. The number of aromatic hydroxyl groups is 1. The summed E-state index contributed by atoms with van der Waals surface area (Å²) in [6, 6.07) is 13.0. The zero-order valence-electron chi connectivity index (χ0n) is 14.6. The summed E-state index contributed by atoms with van der Waals surface area (Å²) in [6.45, 7) is 3.84. The number of azo groups is 1. The fourth-order valence-electron chi connectivity index (χ4n) is 2.63. The Kier molecular flexibility index (Phi) is 6.21. The van der Waals surface area contributed by atoms with Crippen LogP contribution in [-0.2, 0) is 10.1 Å². The molecule has 0 atom stereocenters. The Morgan fingerprint density at radius 2 is 1.50 bits per heavy atom. The van der Waals surface area contributed by atoms with Crippen molar-refractivity contribution >= 4 is 61.8 Å². The van der Waals surface area contributed by atoms with Crippen LogP contribution in [0.3, 0.4) is 0 Å². The summed E-state index contributed by atoms with van der Waals surface area (Å²) in [7, 11) is -4.48. The molecule has 0 bridgehead atoms. The van der Waals surface area contributed by atoms with Gasteiger partial charge in [-0.2, -0.15) is 13.5 Å². The van der Waals surface area contributed by atoms with E-state index < -0.39 is 10.1 Å². The number of fused-ring (bicyclic) bond motifs is 1. The maximum Gasteiger partial charge on any atom is 0.295 e. The fourth-order valence-corrected chi connectivity index (χ4v) is 3.34. The molecular weight excluding hydrogens is 363 g/mol. The van der Waals surface area contributed by atoms with Gasteiger partial charge >= 0.3 is 0 Å². The van der Waals surface area contributed by atoms with E-state index in [0.29, 0.717) is 5.69 Å². The second-order valence-corrected chi connectivity index (χ2v) is 7.14. The number of rotatable bonds is 3. The number of benzene rings is 3. The molecule has 8 heteroatoms. The monoisotopic (exact) mass is 379 g/mol. The van der Waals surface area contributed by atoms with Gasteiger partial charge in [-0.05, 0) is 31.5 Å². The first-order valence-corrected chi connectivity index (χ1v) is 8.92. The summed E-state index contributed by atoms with van der Waals surface area (Å²) in [6.07, 6.45) is 0. The number of aryl methyl sites for hydroxylation is 2. The van der Waals surface area contributed by atoms with Gasteiger partial charge in [0.15, 0.2) is 5.75 Å². The zero-order valence-corrected chi connectivity index (χ0v) is 17.4. The molecule has 0 spiro atoms. The van der Waals surface area contributed by atoms with E-state index in [9.17, 15) is 18.1 Å². The van der Waals surface area contributed by atoms with Crippen LogP contribution in [-0.4, -0.2) is 47.6 Å². The second-order valence-electron chi connectivity index (χ2n) is 5.75. The van der Waals surface area contributed by atoms with E-state index in [0.717, 1.165) is 17.2 Å². The normalized spacial score (nSPS) is 11.7. The third kappa shape index (κ3) is 4.13. The van der Waals surface area contributed by atoms with Crippen molar-refractivity contribution in [2.45, 2.75) is 18.7 Å². The minimum atomic E-state index is -4.48. The molecule has 0 unspecified atom stereocenters. The maximum absolute atomic E-state index is 11.7. The molecule has 1 radical (unpaired) electrons. The second kappa shape index (κ2) is 7.85. The van der Waals surface area contributed by atoms with Gasteiger partial charge in [-0.25, -0.2) is 0 Å². The topological polar surface area (TPSA) is 99.3 Å². The zero-order chi connectivity index (χ0) is 18.2. The number of hydrogen-bond donors (Lipinski definition) is 2. The molecule has 0 aliphatic carbocycles. The molecule has 26 heavy (non-hydrogen) atoms. The summed E-state index contributed by atoms with van der Waals surface area (Å²) in [5.41, 5.74) is 2.55. The van der Waals surface area contributed by atoms with Gasteiger partial charge < -0.3 is 5.11 Å². The van der Waals surface area contributed by atoms with Crippen LogP contribution in [0.2, 0.25) is 0 Å². The van der Waals surface area contributed by atoms with E-state index in [-0.39, 0.29) is 56.7 Å². The molecule has 0 aliphatic rings. The van der Waals surface area contributed by atoms with Gasteiger partial charge in [-0.1, -0.05) is 42.0 Å². The van der Waals surface area contributed by atoms with Crippen LogP contribution in [0, 0.1) is 13.8 Å². The van der Waals surface area contributed by atoms with Crippen LogP contribution in [0.4, 0.5) is 11.4 Å². The predicted octanol–water partition coefficient (Wildman–Crippen LogP) is 4.44. The molecule has 3 aromatic carbocycles. The van der Waals surface area contributed by atoms with Crippen molar-refractivity contribution in [1.82, 2.24) is 0 Å². The molecule has 129 valence electrons. The van der Waals surface area contributed by atoms with Crippen LogP contribution in [0.5, 0.6) is 5.75 Å². The van der Waals surface area contributed by atoms with Crippen LogP contribution < -0.4 is 0 Å². The molecule has 0 aliphatic heterocycles. The first-order valence-electron chi connectivity index (χ1n) is 7.48. The third-order valence-corrected chi connectivity index (χ3v) is 4.75. The molecule has 6 nitrogen and oxygen atoms in total. The number of hydrogen-bond acceptors (Lipinski definition) is 5. The average Bonchev–Trinajstić information content (AvgIpc) is 2.54. The van der Waals surface area contributed by atoms with Crippen molar-refractivity contribution in [3.05, 3.63) is 59.7 Å². The molecule has 0 saturated carbocycles. The minimum absolute atomic E-state index is 0. The van der Waals surface area contributed by atoms with Crippen LogP contribution >= 0.6 is 0 Å². The predicted molar refractivity (Wildman–Crippen MR) is 101 cm³/mol. The summed E-state index contributed by atoms with van der Waals surface area (Å²) < 4.78 is 32.8. The standard InChI is InChI=1S/C18H16N2O4S.Na/c1-11-7-8-15(12(2)9-11)19-20-16-10-17(25(22,23)24)13-5-3-4-6-14(13)18(16)21;/h3-10,21H,1-2H3,(H,22,23,24);. The molecule has 3 aromatic rings. The van der Waals surface area contributed by atoms with Crippen molar-refractivity contribution in [3.8, 4) is 5.75 Å². The largest absolute Gasteiger partial charge is 0.505 e. The molecule has 2 N–H and O–H groups in total. The van der Waals surface area contributed by atoms with Gasteiger partial charge in [-0.3, -0.25) is 4.55 Å². The molecule has 0 fully saturated rings. The van der Waals surface area contributed by atoms with Gasteiger partial charge in [0.2, 0.25) is 0 Å². The van der Waals surface area contributed by atoms with E-state index in [4.69, 9.17) is 0 Å². The van der Waals surface area contributed by atoms with Crippen LogP contribution in [0.25, 0.3) is 10.8 Å². The molecule has 0 saturated heterocycles. The quantitative estimate of drug-likeness (QED) is 0.399. The van der Waals surface area contributed by atoms with E-state index in [2.05, 4.69) is 10.2 Å². The van der Waals surface area contributed by atoms with Crippen LogP contribution in [0.1, 0.15) is 11.1 Å². The Morgan fingerprint density at radius 1 is 0.885 bits per heavy atom. The van der Waals surface area contributed by atoms with Crippen LogP contribution in [0.15, 0.2) is 63.7 Å². The van der Waals surface area contributed by atoms with E-state index in [1.807, 2.05) is 26.0 Å². The van der Waals surface area contributed by atoms with Crippen molar-refractivity contribution in [2.75, 3.05) is 0 Å². The Bertz CT molecular complexity index is 1110. The van der Waals surface area contributed by atoms with Gasteiger partial charge in [0, 0.05) is 40.3 Å². The van der Waals surface area contributed by atoms with Gasteiger partial charge in [0.1, 0.15) is 10.6 Å². The Hall–Kier alpha value is -1.77. The van der Waals surface area contributed by atoms with Gasteiger partial charge in [0.05, 0.1) is 5.69 Å². The molecule has 0 aromatic heterocycles. The maximum atomic E-state index is 11.7. The van der Waals surface area contributed by atoms with Crippen molar-refractivity contribution in [1.29, 1.82) is 0 Å². The molecule has 3 rings (SSSR count). The molecular formula is C18H16N2NaO4S. The summed E-state index contributed by atoms with van der Waals surface area (Å²) in [5.74, 6) is -0.198. The summed E-state index contributed by atoms with van der Waals surface area (Å²) in [4.78, 5) is -0.324. The first kappa shape index (κ1) is 20.5. The van der Waals surface area contributed by atoms with Gasteiger partial charge in [-0.15, -0.1) is 5.11 Å². The Balaban J connectivity index is 0.00000243. The van der Waals surface area contributed by atoms with E-state index in [1.54, 1.807) is 24.3 Å². The van der Waals surface area contributed by atoms with Crippen molar-refractivity contribution in [2.24, 2.45) is 10.2 Å². The van der Waals surface area contributed by atoms with Crippen molar-refractivity contribution in [3.63, 3.8) is 0 Å². The van der Waals surface area contributed by atoms with E-state index in [1.165, 1.54) is 6.07 Å². The molecule has 0 heterocycles. The van der Waals surface area contributed by atoms with E-state index >= 15 is 0 Å². The minimum Gasteiger partial charge on any atom is -0.505 e. The number of nitrogens with zero attached hydrogens (tertiary/aromatic N) is 2. The summed E-state index contributed by atoms with van der Waals surface area (Å²) in [5, 5.41) is 19.0. The Labute approximate surface area is 173 Å². The number of phenolic OH excluding ortho intramolecular Hbond substituents is 1. The third-order valence-electron chi connectivity index (χ3n) is 3.85. The first-order chi connectivity index (χ1) is 11.8. The van der Waals surface area contributed by atoms with Crippen molar-refractivity contribution < 1.29 is 18.1 Å².